The van der Waals surface area contributed by atoms with Crippen molar-refractivity contribution in [2.75, 3.05) is 7.11 Å². The molecule has 0 saturated heterocycles. The number of hydrazone groups is 1. The SMILES string of the molecule is COc1cc(/C(C)=N\NC(=O)Cn2cnc3ccccc32)ccc1O. The lowest BCUT2D eigenvalue weighted by molar-refractivity contribution is -0.121. The highest BCUT2D eigenvalue weighted by atomic mass is 16.5. The number of imidazole rings is 1. The fraction of sp³-hybridized carbons (Fsp3) is 0.167. The molecule has 0 atom stereocenters. The van der Waals surface area contributed by atoms with Gasteiger partial charge in [-0.15, -0.1) is 0 Å². The molecule has 128 valence electrons. The number of hydrogen-bond acceptors (Lipinski definition) is 5. The molecule has 25 heavy (non-hydrogen) atoms. The predicted octanol–water partition coefficient (Wildman–Crippen LogP) is 2.29. The quantitative estimate of drug-likeness (QED) is 0.552. The Bertz CT molecular complexity index is 946. The average Bonchev–Trinajstić information content (AvgIpc) is 3.03. The number of carbonyl (C=O) groups excluding carboxylic acids is 1. The molecule has 0 bridgehead atoms. The maximum Gasteiger partial charge on any atom is 0.260 e. The molecule has 0 fully saturated rings. The van der Waals surface area contributed by atoms with E-state index in [1.54, 1.807) is 30.0 Å². The molecule has 0 aliphatic rings. The Morgan fingerprint density at radius 2 is 2.12 bits per heavy atom. The van der Waals surface area contributed by atoms with Gasteiger partial charge >= 0.3 is 0 Å². The molecule has 0 saturated carbocycles. The first-order chi connectivity index (χ1) is 12.1. The molecule has 7 nitrogen and oxygen atoms in total. The largest absolute Gasteiger partial charge is 0.504 e. The molecule has 0 spiro atoms. The number of phenolic OH excluding ortho intramolecular Hbond substituents is 1. The molecule has 1 heterocycles. The van der Waals surface area contributed by atoms with E-state index >= 15 is 0 Å². The first kappa shape index (κ1) is 16.5. The van der Waals surface area contributed by atoms with Gasteiger partial charge < -0.3 is 14.4 Å². The maximum atomic E-state index is 12.1. The zero-order chi connectivity index (χ0) is 17.8. The van der Waals surface area contributed by atoms with E-state index in [1.165, 1.54) is 13.2 Å². The van der Waals surface area contributed by atoms with Crippen molar-refractivity contribution in [3.63, 3.8) is 0 Å². The summed E-state index contributed by atoms with van der Waals surface area (Å²) in [7, 11) is 1.47. The second kappa shape index (κ2) is 7.04. The van der Waals surface area contributed by atoms with Crippen LogP contribution in [0.4, 0.5) is 0 Å². The van der Waals surface area contributed by atoms with E-state index in [0.29, 0.717) is 11.5 Å². The van der Waals surface area contributed by atoms with Crippen LogP contribution in [0.2, 0.25) is 0 Å². The summed E-state index contributed by atoms with van der Waals surface area (Å²) in [6, 6.07) is 12.5. The van der Waals surface area contributed by atoms with Crippen LogP contribution in [0.15, 0.2) is 53.9 Å². The molecule has 2 aromatic carbocycles. The summed E-state index contributed by atoms with van der Waals surface area (Å²) in [6.07, 6.45) is 1.63. The number of nitrogens with one attached hydrogen (secondary N) is 1. The summed E-state index contributed by atoms with van der Waals surface area (Å²) in [5.41, 5.74) is 5.60. The minimum atomic E-state index is -0.256. The van der Waals surface area contributed by atoms with Crippen LogP contribution in [0, 0.1) is 0 Å². The summed E-state index contributed by atoms with van der Waals surface area (Å²) < 4.78 is 6.83. The van der Waals surface area contributed by atoms with E-state index in [4.69, 9.17) is 4.74 Å². The third-order valence-corrected chi connectivity index (χ3v) is 3.79. The van der Waals surface area contributed by atoms with Crippen molar-refractivity contribution in [3.05, 3.63) is 54.4 Å². The van der Waals surface area contributed by atoms with Crippen LogP contribution >= 0.6 is 0 Å². The molecule has 1 amide bonds. The topological polar surface area (TPSA) is 88.7 Å². The molecule has 3 aromatic rings. The Morgan fingerprint density at radius 1 is 1.32 bits per heavy atom. The summed E-state index contributed by atoms with van der Waals surface area (Å²) in [4.78, 5) is 16.4. The molecular weight excluding hydrogens is 320 g/mol. The van der Waals surface area contributed by atoms with E-state index in [9.17, 15) is 9.90 Å². The van der Waals surface area contributed by atoms with Gasteiger partial charge in [-0.1, -0.05) is 12.1 Å². The standard InChI is InChI=1S/C18H18N4O3/c1-12(13-7-8-16(23)17(9-13)25-2)20-21-18(24)10-22-11-19-14-5-3-4-6-15(14)22/h3-9,11,23H,10H2,1-2H3,(H,21,24)/b20-12-. The number of fused-ring (bicyclic) bond motifs is 1. The van der Waals surface area contributed by atoms with Crippen LogP contribution < -0.4 is 10.2 Å². The van der Waals surface area contributed by atoms with Crippen molar-refractivity contribution in [1.29, 1.82) is 0 Å². The molecule has 1 aromatic heterocycles. The highest BCUT2D eigenvalue weighted by molar-refractivity contribution is 5.99. The fourth-order valence-electron chi connectivity index (χ4n) is 2.44. The second-order valence-corrected chi connectivity index (χ2v) is 5.48. The predicted molar refractivity (Wildman–Crippen MR) is 94.7 cm³/mol. The third kappa shape index (κ3) is 3.60. The van der Waals surface area contributed by atoms with Crippen LogP contribution in [0.3, 0.4) is 0 Å². The highest BCUT2D eigenvalue weighted by Crippen LogP contribution is 2.26. The van der Waals surface area contributed by atoms with Crippen molar-refractivity contribution in [3.8, 4) is 11.5 Å². The molecule has 0 aliphatic carbocycles. The molecule has 2 N–H and O–H groups in total. The van der Waals surface area contributed by atoms with Gasteiger partial charge in [0, 0.05) is 5.56 Å². The van der Waals surface area contributed by atoms with Crippen LogP contribution in [0.25, 0.3) is 11.0 Å². The van der Waals surface area contributed by atoms with Gasteiger partial charge in [-0.2, -0.15) is 5.10 Å². The molecule has 3 rings (SSSR count). The van der Waals surface area contributed by atoms with E-state index < -0.39 is 0 Å². The van der Waals surface area contributed by atoms with Crippen molar-refractivity contribution < 1.29 is 14.6 Å². The number of phenols is 1. The summed E-state index contributed by atoms with van der Waals surface area (Å²) in [5, 5.41) is 13.7. The number of carbonyl (C=O) groups is 1. The summed E-state index contributed by atoms with van der Waals surface area (Å²) in [6.45, 7) is 1.88. The lowest BCUT2D eigenvalue weighted by Gasteiger charge is -2.07. The van der Waals surface area contributed by atoms with Crippen LogP contribution in [-0.2, 0) is 11.3 Å². The number of nitrogens with zero attached hydrogens (tertiary/aromatic N) is 3. The first-order valence-corrected chi connectivity index (χ1v) is 7.69. The third-order valence-electron chi connectivity index (χ3n) is 3.79. The van der Waals surface area contributed by atoms with Crippen LogP contribution in [0.1, 0.15) is 12.5 Å². The minimum absolute atomic E-state index is 0.0510. The van der Waals surface area contributed by atoms with Gasteiger partial charge in [0.05, 0.1) is 30.2 Å². The molecule has 0 aliphatic heterocycles. The smallest absolute Gasteiger partial charge is 0.260 e. The van der Waals surface area contributed by atoms with Crippen LogP contribution in [0.5, 0.6) is 11.5 Å². The normalized spacial score (nSPS) is 11.5. The molecular formula is C18H18N4O3. The van der Waals surface area contributed by atoms with Crippen molar-refractivity contribution in [2.24, 2.45) is 5.10 Å². The maximum absolute atomic E-state index is 12.1. The monoisotopic (exact) mass is 338 g/mol. The van der Waals surface area contributed by atoms with E-state index in [2.05, 4.69) is 15.5 Å². The Hall–Kier alpha value is -3.35. The van der Waals surface area contributed by atoms with Gasteiger partial charge in [0.2, 0.25) is 0 Å². The number of hydrogen-bond donors (Lipinski definition) is 2. The number of rotatable bonds is 5. The van der Waals surface area contributed by atoms with Crippen LogP contribution in [-0.4, -0.2) is 33.4 Å². The van der Waals surface area contributed by atoms with Gasteiger partial charge in [0.15, 0.2) is 11.5 Å². The zero-order valence-corrected chi connectivity index (χ0v) is 13.9. The molecule has 0 unspecified atom stereocenters. The lowest BCUT2D eigenvalue weighted by Crippen LogP contribution is -2.24. The van der Waals surface area contributed by atoms with Crippen molar-refractivity contribution in [2.45, 2.75) is 13.5 Å². The van der Waals surface area contributed by atoms with Crippen molar-refractivity contribution >= 4 is 22.7 Å². The number of para-hydroxylation sites is 2. The van der Waals surface area contributed by atoms with E-state index in [0.717, 1.165) is 16.6 Å². The number of methoxy groups -OCH3 is 1. The van der Waals surface area contributed by atoms with E-state index in [-0.39, 0.29) is 18.2 Å². The summed E-state index contributed by atoms with van der Waals surface area (Å²) in [5.74, 6) is 0.145. The van der Waals surface area contributed by atoms with Gasteiger partial charge in [-0.05, 0) is 37.3 Å². The van der Waals surface area contributed by atoms with Gasteiger partial charge in [-0.3, -0.25) is 4.79 Å². The number of ether oxygens (including phenoxy) is 1. The Balaban J connectivity index is 1.69. The number of aromatic nitrogens is 2. The Morgan fingerprint density at radius 3 is 2.92 bits per heavy atom. The van der Waals surface area contributed by atoms with Gasteiger partial charge in [0.25, 0.3) is 5.91 Å². The number of benzene rings is 2. The average molecular weight is 338 g/mol. The zero-order valence-electron chi connectivity index (χ0n) is 13.9. The molecule has 7 heteroatoms. The first-order valence-electron chi connectivity index (χ1n) is 7.69. The Kier molecular flexibility index (Phi) is 4.65. The number of aromatic hydroxyl groups is 1. The van der Waals surface area contributed by atoms with E-state index in [1.807, 2.05) is 24.3 Å². The van der Waals surface area contributed by atoms with Gasteiger partial charge in [0.1, 0.15) is 6.54 Å². The molecule has 0 radical (unpaired) electrons. The minimum Gasteiger partial charge on any atom is -0.504 e. The Labute approximate surface area is 144 Å². The van der Waals surface area contributed by atoms with Gasteiger partial charge in [-0.25, -0.2) is 10.4 Å². The fourth-order valence-corrected chi connectivity index (χ4v) is 2.44. The highest BCUT2D eigenvalue weighted by Gasteiger charge is 2.08. The van der Waals surface area contributed by atoms with Crippen molar-refractivity contribution in [1.82, 2.24) is 15.0 Å². The second-order valence-electron chi connectivity index (χ2n) is 5.48. The number of amides is 1. The lowest BCUT2D eigenvalue weighted by atomic mass is 10.1. The summed E-state index contributed by atoms with van der Waals surface area (Å²) >= 11 is 0.